The molecule has 1 heterocycles. The number of hydrogen-bond acceptors (Lipinski definition) is 2. The van der Waals surface area contributed by atoms with Gasteiger partial charge < -0.3 is 10.4 Å². The Morgan fingerprint density at radius 1 is 1.53 bits per heavy atom. The minimum absolute atomic E-state index is 0.0984. The van der Waals surface area contributed by atoms with Gasteiger partial charge in [-0.1, -0.05) is 0 Å². The van der Waals surface area contributed by atoms with Crippen LogP contribution in [0.2, 0.25) is 0 Å². The van der Waals surface area contributed by atoms with Crippen LogP contribution in [0.1, 0.15) is 27.2 Å². The number of carbonyl (C=O) groups is 2. The van der Waals surface area contributed by atoms with Crippen LogP contribution in [0.25, 0.3) is 0 Å². The average molecular weight is 215 g/mol. The lowest BCUT2D eigenvalue weighted by molar-refractivity contribution is -0.875. The van der Waals surface area contributed by atoms with Gasteiger partial charge in [0.1, 0.15) is 6.54 Å². The Morgan fingerprint density at radius 2 is 2.07 bits per heavy atom. The number of quaternary nitrogens is 1. The number of carbonyl (C=O) groups excluding carboxylic acids is 1. The first kappa shape index (κ1) is 12.0. The van der Waals surface area contributed by atoms with Gasteiger partial charge in [0.25, 0.3) is 0 Å². The van der Waals surface area contributed by atoms with Crippen molar-refractivity contribution in [2.75, 3.05) is 13.6 Å². The van der Waals surface area contributed by atoms with E-state index in [9.17, 15) is 9.59 Å². The molecule has 0 spiro atoms. The highest BCUT2D eigenvalue weighted by Crippen LogP contribution is 2.29. The monoisotopic (exact) mass is 215 g/mol. The van der Waals surface area contributed by atoms with Crippen LogP contribution < -0.4 is 5.32 Å². The first-order chi connectivity index (χ1) is 6.67. The van der Waals surface area contributed by atoms with Crippen LogP contribution in [0.15, 0.2) is 0 Å². The second-order valence-corrected chi connectivity index (χ2v) is 5.29. The van der Waals surface area contributed by atoms with E-state index < -0.39 is 6.09 Å². The summed E-state index contributed by atoms with van der Waals surface area (Å²) in [6.45, 7) is 6.52. The molecule has 1 saturated heterocycles. The van der Waals surface area contributed by atoms with Crippen molar-refractivity contribution in [2.24, 2.45) is 0 Å². The molecule has 0 bridgehead atoms. The Labute approximate surface area is 89.7 Å². The van der Waals surface area contributed by atoms with Crippen LogP contribution in [0.5, 0.6) is 0 Å². The molecule has 1 unspecified atom stereocenters. The highest BCUT2D eigenvalue weighted by Gasteiger charge is 2.51. The number of hydrogen-bond donors (Lipinski definition) is 2. The van der Waals surface area contributed by atoms with Crippen LogP contribution in [0.3, 0.4) is 0 Å². The summed E-state index contributed by atoms with van der Waals surface area (Å²) in [4.78, 5) is 22.4. The number of likely N-dealkylation sites (tertiary alicyclic amines) is 1. The number of likely N-dealkylation sites (N-methyl/N-ethyl adjacent to an activating group) is 1. The highest BCUT2D eigenvalue weighted by atomic mass is 16.4. The maximum absolute atomic E-state index is 11.9. The van der Waals surface area contributed by atoms with Gasteiger partial charge in [0.15, 0.2) is 0 Å². The molecule has 1 aliphatic rings. The van der Waals surface area contributed by atoms with Crippen molar-refractivity contribution in [3.8, 4) is 0 Å². The fraction of sp³-hybridized carbons (Fsp3) is 0.800. The normalized spacial score (nSPS) is 31.7. The number of carboxylic acid groups (broad SMARTS) is 1. The van der Waals surface area contributed by atoms with Gasteiger partial charge in [0.05, 0.1) is 25.0 Å². The number of amides is 2. The van der Waals surface area contributed by atoms with Crippen molar-refractivity contribution in [2.45, 2.75) is 38.8 Å². The van der Waals surface area contributed by atoms with Crippen molar-refractivity contribution in [1.29, 1.82) is 0 Å². The molecule has 2 atom stereocenters. The molecule has 0 aliphatic carbocycles. The largest absolute Gasteiger partial charge is 0.465 e. The minimum Gasteiger partial charge on any atom is -0.465 e. The number of nitrogens with zero attached hydrogens (tertiary/aromatic N) is 1. The summed E-state index contributed by atoms with van der Waals surface area (Å²) >= 11 is 0. The standard InChI is InChI=1S/C10H18N2O3/c1-10(2,3)12(4)6-7(5-8(12)13)11-9(14)15/h7,11H,5-6H2,1-4H3/p+1/t7-,12?/m0/s1. The summed E-state index contributed by atoms with van der Waals surface area (Å²) < 4.78 is 0.290. The van der Waals surface area contributed by atoms with Gasteiger partial charge in [-0.25, -0.2) is 9.59 Å². The second kappa shape index (κ2) is 3.48. The zero-order valence-corrected chi connectivity index (χ0v) is 9.70. The first-order valence-corrected chi connectivity index (χ1v) is 5.05. The lowest BCUT2D eigenvalue weighted by Crippen LogP contribution is -2.59. The van der Waals surface area contributed by atoms with E-state index in [0.29, 0.717) is 13.0 Å². The second-order valence-electron chi connectivity index (χ2n) is 5.29. The molecule has 0 radical (unpaired) electrons. The summed E-state index contributed by atoms with van der Waals surface area (Å²) in [7, 11) is 1.87. The molecule has 2 N–H and O–H groups in total. The zero-order chi connectivity index (χ0) is 11.9. The van der Waals surface area contributed by atoms with Gasteiger partial charge in [-0.3, -0.25) is 4.48 Å². The fourth-order valence-electron chi connectivity index (χ4n) is 1.94. The lowest BCUT2D eigenvalue weighted by Gasteiger charge is -2.39. The number of rotatable bonds is 1. The Morgan fingerprint density at radius 3 is 2.40 bits per heavy atom. The molecular formula is C10H19N2O3+. The first-order valence-electron chi connectivity index (χ1n) is 5.05. The third-order valence-corrected chi connectivity index (χ3v) is 3.37. The summed E-state index contributed by atoms with van der Waals surface area (Å²) in [6.07, 6.45) is -0.768. The van der Waals surface area contributed by atoms with E-state index in [0.717, 1.165) is 0 Å². The predicted octanol–water partition coefficient (Wildman–Crippen LogP) is 0.798. The Balaban J connectivity index is 2.80. The molecule has 0 aromatic carbocycles. The van der Waals surface area contributed by atoms with Crippen LogP contribution in [0.4, 0.5) is 4.79 Å². The van der Waals surface area contributed by atoms with Gasteiger partial charge >= 0.3 is 12.0 Å². The molecule has 1 aliphatic heterocycles. The van der Waals surface area contributed by atoms with Crippen molar-refractivity contribution in [3.63, 3.8) is 0 Å². The summed E-state index contributed by atoms with van der Waals surface area (Å²) in [5.41, 5.74) is -0.188. The van der Waals surface area contributed by atoms with Crippen molar-refractivity contribution in [3.05, 3.63) is 0 Å². The maximum atomic E-state index is 11.9. The Hall–Kier alpha value is -1.10. The van der Waals surface area contributed by atoms with Crippen LogP contribution in [-0.2, 0) is 4.79 Å². The molecule has 1 fully saturated rings. The highest BCUT2D eigenvalue weighted by molar-refractivity contribution is 5.74. The molecule has 5 heteroatoms. The molecular weight excluding hydrogens is 196 g/mol. The van der Waals surface area contributed by atoms with E-state index in [2.05, 4.69) is 5.32 Å². The van der Waals surface area contributed by atoms with Crippen molar-refractivity contribution in [1.82, 2.24) is 5.32 Å². The minimum atomic E-state index is -1.06. The van der Waals surface area contributed by atoms with Gasteiger partial charge in [-0.2, -0.15) is 0 Å². The van der Waals surface area contributed by atoms with E-state index in [1.807, 2.05) is 27.8 Å². The van der Waals surface area contributed by atoms with Crippen LogP contribution in [-0.4, -0.2) is 46.8 Å². The van der Waals surface area contributed by atoms with Crippen LogP contribution in [0, 0.1) is 0 Å². The van der Waals surface area contributed by atoms with Gasteiger partial charge in [-0.05, 0) is 20.8 Å². The third-order valence-electron chi connectivity index (χ3n) is 3.37. The molecule has 0 aromatic rings. The van der Waals surface area contributed by atoms with E-state index in [1.165, 1.54) is 0 Å². The molecule has 15 heavy (non-hydrogen) atoms. The third kappa shape index (κ3) is 2.12. The fourth-order valence-corrected chi connectivity index (χ4v) is 1.94. The smallest absolute Gasteiger partial charge is 0.405 e. The topological polar surface area (TPSA) is 66.4 Å². The Bertz CT molecular complexity index is 296. The number of nitrogens with one attached hydrogen (secondary N) is 1. The van der Waals surface area contributed by atoms with Gasteiger partial charge in [-0.15, -0.1) is 0 Å². The molecule has 1 rings (SSSR count). The molecule has 0 saturated carbocycles. The summed E-state index contributed by atoms with van der Waals surface area (Å²) in [6, 6.07) is -0.251. The zero-order valence-electron chi connectivity index (χ0n) is 9.70. The summed E-state index contributed by atoms with van der Waals surface area (Å²) in [5.74, 6) is 0.0984. The van der Waals surface area contributed by atoms with E-state index in [1.54, 1.807) is 0 Å². The van der Waals surface area contributed by atoms with E-state index in [-0.39, 0.29) is 22.0 Å². The van der Waals surface area contributed by atoms with E-state index in [4.69, 9.17) is 5.11 Å². The Kier molecular flexibility index (Phi) is 2.78. The van der Waals surface area contributed by atoms with Gasteiger partial charge in [0.2, 0.25) is 0 Å². The van der Waals surface area contributed by atoms with Crippen molar-refractivity contribution < 1.29 is 19.2 Å². The SMILES string of the molecule is CC(C)(C)[N+]1(C)C[C@@H](NC(=O)O)CC1=O. The lowest BCUT2D eigenvalue weighted by atomic mass is 10.0. The average Bonchev–Trinajstić information content (AvgIpc) is 2.25. The maximum Gasteiger partial charge on any atom is 0.405 e. The summed E-state index contributed by atoms with van der Waals surface area (Å²) in [5, 5.41) is 11.0. The molecule has 2 amide bonds. The molecule has 0 aromatic heterocycles. The predicted molar refractivity (Wildman–Crippen MR) is 55.4 cm³/mol. The van der Waals surface area contributed by atoms with E-state index >= 15 is 0 Å². The van der Waals surface area contributed by atoms with Crippen LogP contribution >= 0.6 is 0 Å². The molecule has 86 valence electrons. The van der Waals surface area contributed by atoms with Gasteiger partial charge in [0, 0.05) is 0 Å². The van der Waals surface area contributed by atoms with Crippen molar-refractivity contribution >= 4 is 12.0 Å². The molecule has 5 nitrogen and oxygen atoms in total. The quantitative estimate of drug-likeness (QED) is 0.636.